The van der Waals surface area contributed by atoms with Gasteiger partial charge < -0.3 is 34.1 Å². The molecule has 0 spiro atoms. The molecular weight excluding hydrogens is 644 g/mol. The third-order valence-corrected chi connectivity index (χ3v) is 8.10. The van der Waals surface area contributed by atoms with Crippen molar-refractivity contribution >= 4 is 46.0 Å². The van der Waals surface area contributed by atoms with Crippen LogP contribution in [0.3, 0.4) is 0 Å². The second kappa shape index (κ2) is 14.1. The maximum Gasteiger partial charge on any atom is 0.331 e. The van der Waals surface area contributed by atoms with E-state index in [9.17, 15) is 23.6 Å². The summed E-state index contributed by atoms with van der Waals surface area (Å²) in [5.41, 5.74) is 0.547. The molecule has 2 aliphatic heterocycles. The molecule has 0 saturated carbocycles. The monoisotopic (exact) mass is 675 g/mol. The number of imide groups is 1. The second-order valence-electron chi connectivity index (χ2n) is 11.1. The number of pyridine rings is 1. The average molecular weight is 676 g/mol. The normalized spacial score (nSPS) is 16.5. The number of benzene rings is 3. The first kappa shape index (κ1) is 33.1. The van der Waals surface area contributed by atoms with Crippen LogP contribution in [0.2, 0.25) is 0 Å². The third kappa shape index (κ3) is 6.92. The minimum atomic E-state index is -1.48. The Labute approximate surface area is 278 Å². The van der Waals surface area contributed by atoms with Crippen LogP contribution >= 0.6 is 0 Å². The molecule has 2 saturated heterocycles. The minimum absolute atomic E-state index is 0.00909. The van der Waals surface area contributed by atoms with Gasteiger partial charge >= 0.3 is 6.03 Å². The van der Waals surface area contributed by atoms with Gasteiger partial charge in [-0.1, -0.05) is 0 Å². The van der Waals surface area contributed by atoms with Gasteiger partial charge in [0.15, 0.2) is 23.1 Å². The Kier molecular flexibility index (Phi) is 9.53. The van der Waals surface area contributed by atoms with E-state index in [2.05, 4.69) is 10.3 Å². The fourth-order valence-electron chi connectivity index (χ4n) is 5.54. The highest BCUT2D eigenvalue weighted by Gasteiger charge is 2.44. The second-order valence-corrected chi connectivity index (χ2v) is 11.1. The Bertz CT molecular complexity index is 1920. The molecule has 1 aromatic heterocycles. The van der Waals surface area contributed by atoms with Crippen LogP contribution in [-0.4, -0.2) is 92.1 Å². The van der Waals surface area contributed by atoms with Crippen LogP contribution < -0.4 is 24.4 Å². The number of rotatable bonds is 9. The van der Waals surface area contributed by atoms with E-state index in [-0.39, 0.29) is 28.8 Å². The van der Waals surface area contributed by atoms with Crippen molar-refractivity contribution in [3.63, 3.8) is 0 Å². The van der Waals surface area contributed by atoms with Crippen LogP contribution in [0.25, 0.3) is 10.9 Å². The van der Waals surface area contributed by atoms with Crippen molar-refractivity contribution in [3.05, 3.63) is 78.5 Å². The van der Waals surface area contributed by atoms with Crippen molar-refractivity contribution in [1.82, 2.24) is 14.8 Å². The summed E-state index contributed by atoms with van der Waals surface area (Å²) in [6.45, 7) is 0.526. The first-order chi connectivity index (χ1) is 23.7. The van der Waals surface area contributed by atoms with Crippen molar-refractivity contribution < 1.29 is 46.9 Å². The van der Waals surface area contributed by atoms with E-state index in [1.54, 1.807) is 18.2 Å². The lowest BCUT2D eigenvalue weighted by Gasteiger charge is -2.38. The third-order valence-electron chi connectivity index (χ3n) is 8.10. The number of aromatic nitrogens is 1. The van der Waals surface area contributed by atoms with Crippen molar-refractivity contribution in [2.24, 2.45) is 5.92 Å². The number of methoxy groups -OCH3 is 2. The number of urea groups is 1. The molecule has 2 fully saturated rings. The number of carbonyl (C=O) groups excluding carboxylic acids is 4. The first-order valence-corrected chi connectivity index (χ1v) is 15.2. The lowest BCUT2D eigenvalue weighted by molar-refractivity contribution is -0.138. The zero-order valence-corrected chi connectivity index (χ0v) is 26.5. The molecule has 15 heteroatoms. The Morgan fingerprint density at radius 1 is 0.918 bits per heavy atom. The molecular formula is C34H31F2N5O8. The summed E-state index contributed by atoms with van der Waals surface area (Å²) in [7, 11) is 2.98. The molecule has 1 unspecified atom stereocenters. The number of ether oxygens (including phenoxy) is 4. The van der Waals surface area contributed by atoms with Gasteiger partial charge in [0.2, 0.25) is 17.7 Å². The highest BCUT2D eigenvalue weighted by molar-refractivity contribution is 6.23. The fourth-order valence-corrected chi connectivity index (χ4v) is 5.54. The molecule has 1 atom stereocenters. The quantitative estimate of drug-likeness (QED) is 0.259. The molecule has 3 heterocycles. The standard InChI is InChI=1S/C34H31F2N5O8/c1-46-29-16-23-26(17-30(29)47-2)37-10-9-27(23)49-28-8-5-21(15-25(28)36)38-32(43)24-18-40(19-31(42)39-11-13-48-14-12-39)34(45)41(33(24)44)22-6-3-20(35)4-7-22/h3-10,15-17,24H,11-14,18-19H2,1-2H3,(H,38,43). The van der Waals surface area contributed by atoms with Crippen molar-refractivity contribution in [2.45, 2.75) is 0 Å². The molecule has 6 rings (SSSR count). The number of hydrogen-bond donors (Lipinski definition) is 1. The lowest BCUT2D eigenvalue weighted by Crippen LogP contribution is -2.61. The van der Waals surface area contributed by atoms with E-state index in [1.807, 2.05) is 0 Å². The first-order valence-electron chi connectivity index (χ1n) is 15.2. The number of nitrogens with zero attached hydrogens (tertiary/aromatic N) is 4. The highest BCUT2D eigenvalue weighted by atomic mass is 19.1. The summed E-state index contributed by atoms with van der Waals surface area (Å²) >= 11 is 0. The Morgan fingerprint density at radius 3 is 2.33 bits per heavy atom. The van der Waals surface area contributed by atoms with E-state index in [0.717, 1.165) is 28.0 Å². The molecule has 254 valence electrons. The average Bonchev–Trinajstić information content (AvgIpc) is 3.11. The smallest absolute Gasteiger partial charge is 0.331 e. The number of anilines is 2. The zero-order valence-electron chi connectivity index (χ0n) is 26.5. The summed E-state index contributed by atoms with van der Waals surface area (Å²) in [6, 6.07) is 12.3. The predicted octanol–water partition coefficient (Wildman–Crippen LogP) is 4.20. The summed E-state index contributed by atoms with van der Waals surface area (Å²) in [4.78, 5) is 61.3. The van der Waals surface area contributed by atoms with Gasteiger partial charge in [-0.25, -0.2) is 18.5 Å². The van der Waals surface area contributed by atoms with Crippen molar-refractivity contribution in [2.75, 3.05) is 63.8 Å². The van der Waals surface area contributed by atoms with Gasteiger partial charge in [-0.3, -0.25) is 19.4 Å². The maximum absolute atomic E-state index is 15.4. The molecule has 0 radical (unpaired) electrons. The van der Waals surface area contributed by atoms with E-state index in [4.69, 9.17) is 18.9 Å². The SMILES string of the molecule is COc1cc2nccc(Oc3ccc(NC(=O)C4CN(CC(=O)N5CCOCC5)C(=O)N(c5ccc(F)cc5)C4=O)cc3F)c2cc1OC. The van der Waals surface area contributed by atoms with E-state index in [0.29, 0.717) is 48.7 Å². The number of amides is 5. The number of hydrogen-bond acceptors (Lipinski definition) is 9. The van der Waals surface area contributed by atoms with E-state index < -0.39 is 48.5 Å². The predicted molar refractivity (Wildman–Crippen MR) is 172 cm³/mol. The summed E-state index contributed by atoms with van der Waals surface area (Å²) < 4.78 is 50.9. The molecule has 4 aromatic rings. The minimum Gasteiger partial charge on any atom is -0.493 e. The Hall–Kier alpha value is -5.83. The maximum atomic E-state index is 15.4. The fraction of sp³-hybridized carbons (Fsp3) is 0.265. The topological polar surface area (TPSA) is 140 Å². The molecule has 49 heavy (non-hydrogen) atoms. The Balaban J connectivity index is 1.22. The number of morpholine rings is 1. The van der Waals surface area contributed by atoms with Gasteiger partial charge in [0, 0.05) is 49.0 Å². The van der Waals surface area contributed by atoms with Crippen LogP contribution in [-0.2, 0) is 19.1 Å². The van der Waals surface area contributed by atoms with Crippen LogP contribution in [0.4, 0.5) is 25.0 Å². The summed E-state index contributed by atoms with van der Waals surface area (Å²) in [6.07, 6.45) is 1.50. The molecule has 0 bridgehead atoms. The molecule has 0 aliphatic carbocycles. The van der Waals surface area contributed by atoms with Gasteiger partial charge in [-0.2, -0.15) is 0 Å². The van der Waals surface area contributed by atoms with Crippen LogP contribution in [0.15, 0.2) is 66.9 Å². The van der Waals surface area contributed by atoms with Crippen LogP contribution in [0, 0.1) is 17.6 Å². The van der Waals surface area contributed by atoms with E-state index >= 15 is 4.39 Å². The largest absolute Gasteiger partial charge is 0.493 e. The molecule has 1 N–H and O–H groups in total. The van der Waals surface area contributed by atoms with Crippen LogP contribution in [0.1, 0.15) is 0 Å². The van der Waals surface area contributed by atoms with E-state index in [1.165, 1.54) is 49.6 Å². The number of nitrogens with one attached hydrogen (secondary N) is 1. The zero-order chi connectivity index (χ0) is 34.7. The number of carbonyl (C=O) groups is 4. The van der Waals surface area contributed by atoms with Gasteiger partial charge in [0.25, 0.3) is 0 Å². The van der Waals surface area contributed by atoms with Gasteiger partial charge in [-0.05, 0) is 48.5 Å². The van der Waals surface area contributed by atoms with Crippen LogP contribution in [0.5, 0.6) is 23.0 Å². The van der Waals surface area contributed by atoms with Gasteiger partial charge in [-0.15, -0.1) is 0 Å². The highest BCUT2D eigenvalue weighted by Crippen LogP contribution is 2.37. The number of fused-ring (bicyclic) bond motifs is 1. The van der Waals surface area contributed by atoms with Gasteiger partial charge in [0.1, 0.15) is 24.0 Å². The number of halogens is 2. The Morgan fingerprint density at radius 2 is 1.63 bits per heavy atom. The van der Waals surface area contributed by atoms with Crippen molar-refractivity contribution in [3.8, 4) is 23.0 Å². The lowest BCUT2D eigenvalue weighted by atomic mass is 10.0. The molecule has 3 aromatic carbocycles. The van der Waals surface area contributed by atoms with Crippen molar-refractivity contribution in [1.29, 1.82) is 0 Å². The molecule has 2 aliphatic rings. The summed E-state index contributed by atoms with van der Waals surface area (Å²) in [5, 5.41) is 3.06. The molecule has 5 amide bonds. The molecule has 13 nitrogen and oxygen atoms in total. The van der Waals surface area contributed by atoms with Gasteiger partial charge in [0.05, 0.1) is 38.6 Å². The summed E-state index contributed by atoms with van der Waals surface area (Å²) in [5.74, 6) is -4.01.